The van der Waals surface area contributed by atoms with E-state index >= 15 is 0 Å². The first-order valence-electron chi connectivity index (χ1n) is 6.24. The molecule has 1 aromatic rings. The number of rotatable bonds is 3. The number of halogens is 1. The van der Waals surface area contributed by atoms with Gasteiger partial charge in [-0.05, 0) is 49.2 Å². The lowest BCUT2D eigenvalue weighted by molar-refractivity contribution is 0.0653. The number of aromatic nitrogens is 2. The molecule has 0 spiro atoms. The van der Waals surface area contributed by atoms with Crippen molar-refractivity contribution in [2.75, 3.05) is 13.1 Å². The van der Waals surface area contributed by atoms with Crippen LogP contribution in [0.3, 0.4) is 0 Å². The quantitative estimate of drug-likeness (QED) is 0.927. The molecule has 0 saturated carbocycles. The van der Waals surface area contributed by atoms with Gasteiger partial charge in [0.25, 0.3) is 0 Å². The fourth-order valence-corrected chi connectivity index (χ4v) is 2.82. The molecule has 1 aromatic heterocycles. The SMILES string of the molecule is CCn1nc(C)c(Br)c1CN1CCCC(O)C1. The lowest BCUT2D eigenvalue weighted by Gasteiger charge is -2.30. The minimum absolute atomic E-state index is 0.165. The maximum Gasteiger partial charge on any atom is 0.0739 e. The van der Waals surface area contributed by atoms with E-state index in [0.717, 1.165) is 49.2 Å². The molecule has 1 fully saturated rings. The molecule has 1 atom stereocenters. The van der Waals surface area contributed by atoms with Gasteiger partial charge in [-0.25, -0.2) is 0 Å². The van der Waals surface area contributed by atoms with Gasteiger partial charge in [0.05, 0.1) is 22.0 Å². The maximum absolute atomic E-state index is 9.68. The van der Waals surface area contributed by atoms with Crippen LogP contribution in [0.15, 0.2) is 4.47 Å². The molecule has 1 aliphatic heterocycles. The third-order valence-electron chi connectivity index (χ3n) is 3.31. The predicted octanol–water partition coefficient (Wildman–Crippen LogP) is 1.93. The summed E-state index contributed by atoms with van der Waals surface area (Å²) < 4.78 is 3.15. The van der Waals surface area contributed by atoms with Crippen molar-refractivity contribution in [2.45, 2.75) is 45.9 Å². The Hall–Kier alpha value is -0.390. The number of nitrogens with zero attached hydrogens (tertiary/aromatic N) is 3. The number of aliphatic hydroxyl groups is 1. The average molecular weight is 302 g/mol. The maximum atomic E-state index is 9.68. The Morgan fingerprint density at radius 2 is 2.29 bits per heavy atom. The standard InChI is InChI=1S/C12H20BrN3O/c1-3-16-11(12(13)9(2)14-16)8-15-6-4-5-10(17)7-15/h10,17H,3-8H2,1-2H3. The first-order valence-corrected chi connectivity index (χ1v) is 7.03. The highest BCUT2D eigenvalue weighted by Crippen LogP contribution is 2.23. The van der Waals surface area contributed by atoms with Crippen molar-refractivity contribution in [1.82, 2.24) is 14.7 Å². The highest BCUT2D eigenvalue weighted by molar-refractivity contribution is 9.10. The van der Waals surface area contributed by atoms with E-state index in [1.165, 1.54) is 5.69 Å². The van der Waals surface area contributed by atoms with Crippen LogP contribution in [0, 0.1) is 6.92 Å². The van der Waals surface area contributed by atoms with Crippen LogP contribution in [0.5, 0.6) is 0 Å². The van der Waals surface area contributed by atoms with E-state index < -0.39 is 0 Å². The Labute approximate surface area is 111 Å². The van der Waals surface area contributed by atoms with Crippen LogP contribution in [0.4, 0.5) is 0 Å². The second-order valence-corrected chi connectivity index (χ2v) is 5.49. The van der Waals surface area contributed by atoms with E-state index in [2.05, 4.69) is 32.9 Å². The highest BCUT2D eigenvalue weighted by atomic mass is 79.9. The van der Waals surface area contributed by atoms with Crippen molar-refractivity contribution in [1.29, 1.82) is 0 Å². The molecule has 17 heavy (non-hydrogen) atoms. The third-order valence-corrected chi connectivity index (χ3v) is 4.34. The fourth-order valence-electron chi connectivity index (χ4n) is 2.41. The Bertz CT molecular complexity index is 391. The van der Waals surface area contributed by atoms with E-state index in [0.29, 0.717) is 0 Å². The van der Waals surface area contributed by atoms with Crippen molar-refractivity contribution in [2.24, 2.45) is 0 Å². The zero-order valence-electron chi connectivity index (χ0n) is 10.5. The zero-order valence-corrected chi connectivity index (χ0v) is 12.1. The molecule has 5 heteroatoms. The second kappa shape index (κ2) is 5.50. The summed E-state index contributed by atoms with van der Waals surface area (Å²) in [4.78, 5) is 2.31. The molecule has 0 aromatic carbocycles. The number of β-amino-alcohol motifs (C(OH)–C–C–N with tert-alkyl or cyclic N) is 1. The summed E-state index contributed by atoms with van der Waals surface area (Å²) in [5, 5.41) is 14.2. The number of hydrogen-bond donors (Lipinski definition) is 1. The van der Waals surface area contributed by atoms with Gasteiger partial charge in [-0.2, -0.15) is 5.10 Å². The molecule has 1 N–H and O–H groups in total. The molecule has 0 aliphatic carbocycles. The summed E-state index contributed by atoms with van der Waals surface area (Å²) in [7, 11) is 0. The van der Waals surface area contributed by atoms with Gasteiger partial charge in [0.2, 0.25) is 0 Å². The molecule has 0 bridgehead atoms. The number of piperidine rings is 1. The van der Waals surface area contributed by atoms with Crippen LogP contribution < -0.4 is 0 Å². The Balaban J connectivity index is 2.12. The summed E-state index contributed by atoms with van der Waals surface area (Å²) in [6, 6.07) is 0. The van der Waals surface area contributed by atoms with Gasteiger partial charge in [-0.3, -0.25) is 9.58 Å². The molecular formula is C12H20BrN3O. The van der Waals surface area contributed by atoms with Crippen molar-refractivity contribution >= 4 is 15.9 Å². The summed E-state index contributed by atoms with van der Waals surface area (Å²) in [5.41, 5.74) is 2.26. The number of aliphatic hydroxyl groups excluding tert-OH is 1. The lowest BCUT2D eigenvalue weighted by atomic mass is 10.1. The van der Waals surface area contributed by atoms with Crippen molar-refractivity contribution < 1.29 is 5.11 Å². The molecule has 1 unspecified atom stereocenters. The minimum atomic E-state index is -0.165. The van der Waals surface area contributed by atoms with E-state index in [1.54, 1.807) is 0 Å². The summed E-state index contributed by atoms with van der Waals surface area (Å²) in [5.74, 6) is 0. The summed E-state index contributed by atoms with van der Waals surface area (Å²) in [6.45, 7) is 7.72. The van der Waals surface area contributed by atoms with E-state index in [1.807, 2.05) is 11.6 Å². The predicted molar refractivity (Wildman–Crippen MR) is 70.9 cm³/mol. The van der Waals surface area contributed by atoms with Crippen molar-refractivity contribution in [3.63, 3.8) is 0 Å². The van der Waals surface area contributed by atoms with Gasteiger partial charge in [0.15, 0.2) is 0 Å². The fraction of sp³-hybridized carbons (Fsp3) is 0.750. The summed E-state index contributed by atoms with van der Waals surface area (Å²) >= 11 is 3.61. The van der Waals surface area contributed by atoms with Crippen LogP contribution in [0.25, 0.3) is 0 Å². The normalized spacial score (nSPS) is 22.0. The molecular weight excluding hydrogens is 282 g/mol. The molecule has 2 rings (SSSR count). The Kier molecular flexibility index (Phi) is 4.22. The van der Waals surface area contributed by atoms with Gasteiger partial charge in [0.1, 0.15) is 0 Å². The number of hydrogen-bond acceptors (Lipinski definition) is 3. The van der Waals surface area contributed by atoms with Gasteiger partial charge < -0.3 is 5.11 Å². The lowest BCUT2D eigenvalue weighted by Crippen LogP contribution is -2.38. The molecule has 1 aliphatic rings. The van der Waals surface area contributed by atoms with Crippen LogP contribution >= 0.6 is 15.9 Å². The topological polar surface area (TPSA) is 41.3 Å². The molecule has 1 saturated heterocycles. The van der Waals surface area contributed by atoms with Crippen molar-refractivity contribution in [3.8, 4) is 0 Å². The van der Waals surface area contributed by atoms with Gasteiger partial charge in [-0.1, -0.05) is 0 Å². The van der Waals surface area contributed by atoms with Crippen LogP contribution in [-0.4, -0.2) is 39.0 Å². The molecule has 0 amide bonds. The van der Waals surface area contributed by atoms with Gasteiger partial charge in [0, 0.05) is 19.6 Å². The molecule has 4 nitrogen and oxygen atoms in total. The Morgan fingerprint density at radius 1 is 1.53 bits per heavy atom. The number of aryl methyl sites for hydroxylation is 2. The van der Waals surface area contributed by atoms with Crippen LogP contribution in [0.2, 0.25) is 0 Å². The van der Waals surface area contributed by atoms with Gasteiger partial charge in [-0.15, -0.1) is 0 Å². The van der Waals surface area contributed by atoms with E-state index in [9.17, 15) is 5.11 Å². The minimum Gasteiger partial charge on any atom is -0.392 e. The molecule has 96 valence electrons. The third kappa shape index (κ3) is 2.89. The smallest absolute Gasteiger partial charge is 0.0739 e. The zero-order chi connectivity index (χ0) is 12.4. The number of likely N-dealkylation sites (tertiary alicyclic amines) is 1. The van der Waals surface area contributed by atoms with Crippen molar-refractivity contribution in [3.05, 3.63) is 15.9 Å². The summed E-state index contributed by atoms with van der Waals surface area (Å²) in [6.07, 6.45) is 1.85. The first-order chi connectivity index (χ1) is 8.11. The molecule has 0 radical (unpaired) electrons. The van der Waals surface area contributed by atoms with Crippen LogP contribution in [-0.2, 0) is 13.1 Å². The average Bonchev–Trinajstić information content (AvgIpc) is 2.57. The largest absolute Gasteiger partial charge is 0.392 e. The van der Waals surface area contributed by atoms with E-state index in [-0.39, 0.29) is 6.10 Å². The van der Waals surface area contributed by atoms with E-state index in [4.69, 9.17) is 0 Å². The Morgan fingerprint density at radius 3 is 2.94 bits per heavy atom. The second-order valence-electron chi connectivity index (χ2n) is 4.69. The highest BCUT2D eigenvalue weighted by Gasteiger charge is 2.21. The monoisotopic (exact) mass is 301 g/mol. The first kappa shape index (κ1) is 13.1. The molecule has 2 heterocycles. The van der Waals surface area contributed by atoms with Gasteiger partial charge >= 0.3 is 0 Å². The van der Waals surface area contributed by atoms with Crippen LogP contribution in [0.1, 0.15) is 31.2 Å².